The normalized spacial score (nSPS) is 12.7. The Balaban J connectivity index is 2.12. The van der Waals surface area contributed by atoms with Gasteiger partial charge >= 0.3 is 0 Å². The summed E-state index contributed by atoms with van der Waals surface area (Å²) in [7, 11) is 0. The van der Waals surface area contributed by atoms with Gasteiger partial charge in [0.25, 0.3) is 0 Å². The van der Waals surface area contributed by atoms with Crippen molar-refractivity contribution in [3.05, 3.63) is 47.2 Å². The van der Waals surface area contributed by atoms with Crippen LogP contribution in [0.25, 0.3) is 0 Å². The highest BCUT2D eigenvalue weighted by atomic mass is 35.5. The molecule has 0 spiro atoms. The maximum absolute atomic E-state index is 5.92. The standard InChI is InChI=1S/C15H20ClN3/c1-4-15(12-5-7-13(16)8-6-12)18-14-9-17-19(10-14)11(2)3/h5-11,15,18H,4H2,1-3H3. The fourth-order valence-electron chi connectivity index (χ4n) is 2.01. The Morgan fingerprint density at radius 1 is 1.26 bits per heavy atom. The molecule has 0 radical (unpaired) electrons. The Morgan fingerprint density at radius 2 is 1.95 bits per heavy atom. The van der Waals surface area contributed by atoms with E-state index in [4.69, 9.17) is 11.6 Å². The van der Waals surface area contributed by atoms with Gasteiger partial charge in [-0.15, -0.1) is 0 Å². The molecule has 1 N–H and O–H groups in total. The van der Waals surface area contributed by atoms with Crippen LogP contribution in [0.15, 0.2) is 36.7 Å². The van der Waals surface area contributed by atoms with Gasteiger partial charge in [0.15, 0.2) is 0 Å². The van der Waals surface area contributed by atoms with Gasteiger partial charge in [-0.25, -0.2) is 0 Å². The Hall–Kier alpha value is -1.48. The van der Waals surface area contributed by atoms with Crippen LogP contribution in [0, 0.1) is 0 Å². The van der Waals surface area contributed by atoms with Crippen LogP contribution < -0.4 is 5.32 Å². The van der Waals surface area contributed by atoms with E-state index < -0.39 is 0 Å². The molecule has 0 saturated carbocycles. The summed E-state index contributed by atoms with van der Waals surface area (Å²) in [5, 5.41) is 8.63. The molecule has 0 fully saturated rings. The molecule has 0 aliphatic heterocycles. The minimum Gasteiger partial charge on any atom is -0.376 e. The minimum atomic E-state index is 0.280. The van der Waals surface area contributed by atoms with Crippen LogP contribution in [0.4, 0.5) is 5.69 Å². The molecule has 0 saturated heterocycles. The Kier molecular flexibility index (Phi) is 4.48. The lowest BCUT2D eigenvalue weighted by Gasteiger charge is -2.17. The molecule has 1 aromatic carbocycles. The fourth-order valence-corrected chi connectivity index (χ4v) is 2.14. The van der Waals surface area contributed by atoms with E-state index in [-0.39, 0.29) is 6.04 Å². The third-order valence-corrected chi connectivity index (χ3v) is 3.40. The lowest BCUT2D eigenvalue weighted by molar-refractivity contribution is 0.532. The number of halogens is 1. The van der Waals surface area contributed by atoms with Gasteiger partial charge in [-0.3, -0.25) is 4.68 Å². The van der Waals surface area contributed by atoms with Crippen LogP contribution >= 0.6 is 11.6 Å². The number of benzene rings is 1. The van der Waals surface area contributed by atoms with Crippen molar-refractivity contribution in [2.75, 3.05) is 5.32 Å². The van der Waals surface area contributed by atoms with Crippen molar-refractivity contribution in [3.63, 3.8) is 0 Å². The Labute approximate surface area is 119 Å². The van der Waals surface area contributed by atoms with E-state index in [1.165, 1.54) is 5.56 Å². The first kappa shape index (κ1) is 13.9. The molecule has 1 aromatic heterocycles. The van der Waals surface area contributed by atoms with Crippen molar-refractivity contribution >= 4 is 17.3 Å². The molecule has 0 bridgehead atoms. The summed E-state index contributed by atoms with van der Waals surface area (Å²) in [4.78, 5) is 0. The van der Waals surface area contributed by atoms with Crippen LogP contribution in [0.1, 0.15) is 44.8 Å². The summed E-state index contributed by atoms with van der Waals surface area (Å²) in [6.07, 6.45) is 4.93. The van der Waals surface area contributed by atoms with Gasteiger partial charge in [-0.1, -0.05) is 30.7 Å². The molecule has 102 valence electrons. The molecule has 2 aromatic rings. The predicted molar refractivity (Wildman–Crippen MR) is 80.7 cm³/mol. The predicted octanol–water partition coefficient (Wildman–Crippen LogP) is 4.68. The molecule has 19 heavy (non-hydrogen) atoms. The van der Waals surface area contributed by atoms with Gasteiger partial charge in [0.1, 0.15) is 0 Å². The number of aromatic nitrogens is 2. The Morgan fingerprint density at radius 3 is 2.47 bits per heavy atom. The van der Waals surface area contributed by atoms with Gasteiger partial charge in [0.2, 0.25) is 0 Å². The fraction of sp³-hybridized carbons (Fsp3) is 0.400. The molecule has 0 aliphatic carbocycles. The van der Waals surface area contributed by atoms with E-state index in [2.05, 4.69) is 43.3 Å². The van der Waals surface area contributed by atoms with Crippen molar-refractivity contribution in [2.24, 2.45) is 0 Å². The summed E-state index contributed by atoms with van der Waals surface area (Å²) in [6, 6.07) is 8.65. The van der Waals surface area contributed by atoms with E-state index in [0.717, 1.165) is 17.1 Å². The first-order valence-corrected chi connectivity index (χ1v) is 7.04. The van der Waals surface area contributed by atoms with Crippen LogP contribution in [-0.4, -0.2) is 9.78 Å². The maximum atomic E-state index is 5.92. The summed E-state index contributed by atoms with van der Waals surface area (Å²) in [6.45, 7) is 6.40. The molecule has 0 aliphatic rings. The molecular weight excluding hydrogens is 258 g/mol. The molecule has 3 nitrogen and oxygen atoms in total. The summed E-state index contributed by atoms with van der Waals surface area (Å²) >= 11 is 5.92. The second kappa shape index (κ2) is 6.11. The highest BCUT2D eigenvalue weighted by molar-refractivity contribution is 6.30. The van der Waals surface area contributed by atoms with Gasteiger partial charge in [-0.05, 0) is 38.0 Å². The largest absolute Gasteiger partial charge is 0.376 e. The van der Waals surface area contributed by atoms with Crippen molar-refractivity contribution in [1.82, 2.24) is 9.78 Å². The van der Waals surface area contributed by atoms with E-state index in [1.807, 2.05) is 29.2 Å². The molecular formula is C15H20ClN3. The first-order chi connectivity index (χ1) is 9.10. The summed E-state index contributed by atoms with van der Waals surface area (Å²) < 4.78 is 1.96. The van der Waals surface area contributed by atoms with Crippen LogP contribution in [0.5, 0.6) is 0 Å². The first-order valence-electron chi connectivity index (χ1n) is 6.66. The van der Waals surface area contributed by atoms with Crippen LogP contribution in [0.3, 0.4) is 0 Å². The zero-order valence-electron chi connectivity index (χ0n) is 11.6. The van der Waals surface area contributed by atoms with Crippen molar-refractivity contribution < 1.29 is 0 Å². The number of nitrogens with one attached hydrogen (secondary N) is 1. The van der Waals surface area contributed by atoms with E-state index in [0.29, 0.717) is 6.04 Å². The maximum Gasteiger partial charge on any atom is 0.0731 e. The molecule has 1 atom stereocenters. The second-order valence-corrected chi connectivity index (χ2v) is 5.40. The SMILES string of the molecule is CCC(Nc1cnn(C(C)C)c1)c1ccc(Cl)cc1. The van der Waals surface area contributed by atoms with E-state index >= 15 is 0 Å². The Bertz CT molecular complexity index is 516. The van der Waals surface area contributed by atoms with Gasteiger partial charge in [0, 0.05) is 17.3 Å². The average molecular weight is 278 g/mol. The molecule has 1 heterocycles. The zero-order valence-corrected chi connectivity index (χ0v) is 12.4. The van der Waals surface area contributed by atoms with Gasteiger partial charge in [-0.2, -0.15) is 5.10 Å². The zero-order chi connectivity index (χ0) is 13.8. The van der Waals surface area contributed by atoms with Crippen molar-refractivity contribution in [3.8, 4) is 0 Å². The number of hydrogen-bond acceptors (Lipinski definition) is 2. The smallest absolute Gasteiger partial charge is 0.0731 e. The molecule has 4 heteroatoms. The lowest BCUT2D eigenvalue weighted by Crippen LogP contribution is -2.09. The topological polar surface area (TPSA) is 29.9 Å². The lowest BCUT2D eigenvalue weighted by atomic mass is 10.0. The molecule has 0 amide bonds. The van der Waals surface area contributed by atoms with E-state index in [1.54, 1.807) is 0 Å². The third kappa shape index (κ3) is 3.51. The van der Waals surface area contributed by atoms with Gasteiger partial charge < -0.3 is 5.32 Å². The third-order valence-electron chi connectivity index (χ3n) is 3.15. The monoisotopic (exact) mass is 277 g/mol. The number of anilines is 1. The van der Waals surface area contributed by atoms with Gasteiger partial charge in [0.05, 0.1) is 17.9 Å². The quantitative estimate of drug-likeness (QED) is 0.860. The van der Waals surface area contributed by atoms with E-state index in [9.17, 15) is 0 Å². The molecule has 1 unspecified atom stereocenters. The highest BCUT2D eigenvalue weighted by Crippen LogP contribution is 2.24. The van der Waals surface area contributed by atoms with Crippen LogP contribution in [0.2, 0.25) is 5.02 Å². The molecule has 2 rings (SSSR count). The second-order valence-electron chi connectivity index (χ2n) is 4.96. The summed E-state index contributed by atoms with van der Waals surface area (Å²) in [5.41, 5.74) is 2.29. The average Bonchev–Trinajstić information content (AvgIpc) is 2.86. The number of hydrogen-bond donors (Lipinski definition) is 1. The van der Waals surface area contributed by atoms with Crippen LogP contribution in [-0.2, 0) is 0 Å². The summed E-state index contributed by atoms with van der Waals surface area (Å²) in [5.74, 6) is 0. The highest BCUT2D eigenvalue weighted by Gasteiger charge is 2.10. The minimum absolute atomic E-state index is 0.280. The van der Waals surface area contributed by atoms with Crippen molar-refractivity contribution in [1.29, 1.82) is 0 Å². The van der Waals surface area contributed by atoms with Crippen molar-refractivity contribution in [2.45, 2.75) is 39.3 Å². The number of rotatable bonds is 5. The number of nitrogens with zero attached hydrogens (tertiary/aromatic N) is 2.